The van der Waals surface area contributed by atoms with Gasteiger partial charge >= 0.3 is 0 Å². The van der Waals surface area contributed by atoms with Crippen molar-refractivity contribution in [1.29, 1.82) is 5.26 Å². The lowest BCUT2D eigenvalue weighted by Crippen LogP contribution is -2.33. The summed E-state index contributed by atoms with van der Waals surface area (Å²) in [6, 6.07) is 17.9. The Hall–Kier alpha value is -2.15. The number of rotatable bonds is 2. The maximum atomic E-state index is 10.2. The molecule has 1 N–H and O–H groups in total. The van der Waals surface area contributed by atoms with Crippen molar-refractivity contribution < 1.29 is 5.11 Å². The van der Waals surface area contributed by atoms with Crippen LogP contribution in [0.25, 0.3) is 0 Å². The van der Waals surface area contributed by atoms with Crippen molar-refractivity contribution in [2.75, 3.05) is 6.54 Å². The molecule has 2 aromatic rings. The van der Waals surface area contributed by atoms with Crippen LogP contribution < -0.4 is 0 Å². The molecule has 3 rings (SSSR count). The molecule has 1 aliphatic heterocycles. The summed E-state index contributed by atoms with van der Waals surface area (Å²) in [5.41, 5.74) is 3.92. The number of fused-ring (bicyclic) bond motifs is 1. The smallest absolute Gasteiger partial charge is 0.0995 e. The molecule has 20 heavy (non-hydrogen) atoms. The summed E-state index contributed by atoms with van der Waals surface area (Å²) in [6.45, 7) is 2.11. The number of aliphatic hydroxyl groups excluding tert-OH is 1. The number of nitrogens with zero attached hydrogens (tertiary/aromatic N) is 2. The van der Waals surface area contributed by atoms with Crippen molar-refractivity contribution >= 4 is 0 Å². The fraction of sp³-hybridized carbons (Fsp3) is 0.235. The first-order valence-corrected chi connectivity index (χ1v) is 6.74. The molecule has 0 aromatic heterocycles. The van der Waals surface area contributed by atoms with Crippen LogP contribution >= 0.6 is 0 Å². The van der Waals surface area contributed by atoms with E-state index in [-0.39, 0.29) is 0 Å². The number of β-amino-alcohol motifs (C(OH)–C–C–N with tert-alkyl or cyclic N) is 1. The predicted molar refractivity (Wildman–Crippen MR) is 76.7 cm³/mol. The Balaban J connectivity index is 1.83. The molecular formula is C17H16N2O. The molecule has 1 atom stereocenters. The van der Waals surface area contributed by atoms with Gasteiger partial charge in [0.1, 0.15) is 0 Å². The van der Waals surface area contributed by atoms with Crippen LogP contribution in [-0.2, 0) is 13.1 Å². The predicted octanol–water partition coefficient (Wildman–Crippen LogP) is 2.61. The molecule has 0 radical (unpaired) electrons. The van der Waals surface area contributed by atoms with Gasteiger partial charge in [-0.1, -0.05) is 42.5 Å². The normalized spacial score (nSPS) is 18.3. The first kappa shape index (κ1) is 12.9. The molecular weight excluding hydrogens is 248 g/mol. The zero-order valence-corrected chi connectivity index (χ0v) is 11.2. The van der Waals surface area contributed by atoms with Crippen molar-refractivity contribution in [3.8, 4) is 6.07 Å². The van der Waals surface area contributed by atoms with Gasteiger partial charge in [-0.2, -0.15) is 5.26 Å². The quantitative estimate of drug-likeness (QED) is 0.907. The summed E-state index contributed by atoms with van der Waals surface area (Å²) in [6.07, 6.45) is -0.450. The SMILES string of the molecule is N#Cc1ccccc1CN1Cc2ccccc2C(O)C1. The van der Waals surface area contributed by atoms with Crippen LogP contribution in [0.1, 0.15) is 28.4 Å². The van der Waals surface area contributed by atoms with Crippen LogP contribution in [0.2, 0.25) is 0 Å². The Morgan fingerprint density at radius 2 is 1.90 bits per heavy atom. The van der Waals surface area contributed by atoms with Crippen molar-refractivity contribution in [3.05, 3.63) is 70.8 Å². The minimum Gasteiger partial charge on any atom is -0.387 e. The van der Waals surface area contributed by atoms with Gasteiger partial charge in [-0.3, -0.25) is 4.90 Å². The Morgan fingerprint density at radius 3 is 2.75 bits per heavy atom. The second kappa shape index (κ2) is 5.46. The first-order valence-electron chi connectivity index (χ1n) is 6.74. The maximum Gasteiger partial charge on any atom is 0.0995 e. The number of hydrogen-bond donors (Lipinski definition) is 1. The molecule has 3 heteroatoms. The van der Waals surface area contributed by atoms with E-state index in [1.807, 2.05) is 42.5 Å². The van der Waals surface area contributed by atoms with E-state index in [1.54, 1.807) is 0 Å². The monoisotopic (exact) mass is 264 g/mol. The lowest BCUT2D eigenvalue weighted by atomic mass is 9.96. The molecule has 0 fully saturated rings. The maximum absolute atomic E-state index is 10.2. The van der Waals surface area contributed by atoms with Gasteiger partial charge in [0.2, 0.25) is 0 Å². The number of aliphatic hydroxyl groups is 1. The molecule has 0 amide bonds. The second-order valence-corrected chi connectivity index (χ2v) is 5.15. The fourth-order valence-corrected chi connectivity index (χ4v) is 2.78. The highest BCUT2D eigenvalue weighted by atomic mass is 16.3. The van der Waals surface area contributed by atoms with E-state index >= 15 is 0 Å². The average molecular weight is 264 g/mol. The summed E-state index contributed by atoms with van der Waals surface area (Å²) in [4.78, 5) is 2.18. The summed E-state index contributed by atoms with van der Waals surface area (Å²) >= 11 is 0. The standard InChI is InChI=1S/C17H16N2O/c18-9-13-5-1-2-6-14(13)10-19-11-15-7-3-4-8-16(15)17(20)12-19/h1-8,17,20H,10-12H2. The van der Waals surface area contributed by atoms with Crippen LogP contribution in [0.4, 0.5) is 0 Å². The number of nitriles is 1. The van der Waals surface area contributed by atoms with E-state index in [0.29, 0.717) is 18.7 Å². The summed E-state index contributed by atoms with van der Waals surface area (Å²) in [5, 5.41) is 19.4. The molecule has 0 saturated carbocycles. The zero-order valence-electron chi connectivity index (χ0n) is 11.2. The zero-order chi connectivity index (χ0) is 13.9. The topological polar surface area (TPSA) is 47.3 Å². The number of benzene rings is 2. The fourth-order valence-electron chi connectivity index (χ4n) is 2.78. The molecule has 1 heterocycles. The minimum absolute atomic E-state index is 0.450. The first-order chi connectivity index (χ1) is 9.78. The lowest BCUT2D eigenvalue weighted by molar-refractivity contribution is 0.0881. The van der Waals surface area contributed by atoms with Gasteiger partial charge in [0.15, 0.2) is 0 Å². The average Bonchev–Trinajstić information content (AvgIpc) is 2.48. The van der Waals surface area contributed by atoms with Crippen LogP contribution in [-0.4, -0.2) is 16.6 Å². The molecule has 0 saturated heterocycles. The van der Waals surface area contributed by atoms with Gasteiger partial charge in [-0.25, -0.2) is 0 Å². The Kier molecular flexibility index (Phi) is 3.51. The molecule has 0 aliphatic carbocycles. The summed E-state index contributed by atoms with van der Waals surface area (Å²) in [5.74, 6) is 0. The van der Waals surface area contributed by atoms with Crippen molar-refractivity contribution in [1.82, 2.24) is 4.90 Å². The molecule has 3 nitrogen and oxygen atoms in total. The lowest BCUT2D eigenvalue weighted by Gasteiger charge is -2.32. The van der Waals surface area contributed by atoms with E-state index in [4.69, 9.17) is 5.26 Å². The Morgan fingerprint density at radius 1 is 1.15 bits per heavy atom. The van der Waals surface area contributed by atoms with Crippen molar-refractivity contribution in [3.63, 3.8) is 0 Å². The molecule has 100 valence electrons. The molecule has 0 spiro atoms. The van der Waals surface area contributed by atoms with Crippen LogP contribution in [0, 0.1) is 11.3 Å². The van der Waals surface area contributed by atoms with E-state index in [0.717, 1.165) is 17.7 Å². The van der Waals surface area contributed by atoms with Crippen LogP contribution in [0.5, 0.6) is 0 Å². The molecule has 1 unspecified atom stereocenters. The van der Waals surface area contributed by atoms with Crippen molar-refractivity contribution in [2.24, 2.45) is 0 Å². The van der Waals surface area contributed by atoms with Gasteiger partial charge in [0.05, 0.1) is 17.7 Å². The minimum atomic E-state index is -0.450. The largest absolute Gasteiger partial charge is 0.387 e. The van der Waals surface area contributed by atoms with E-state index in [1.165, 1.54) is 5.56 Å². The van der Waals surface area contributed by atoms with Gasteiger partial charge in [-0.15, -0.1) is 0 Å². The van der Waals surface area contributed by atoms with Gasteiger partial charge < -0.3 is 5.11 Å². The molecule has 2 aromatic carbocycles. The number of hydrogen-bond acceptors (Lipinski definition) is 3. The third-order valence-corrected chi connectivity index (χ3v) is 3.77. The highest BCUT2D eigenvalue weighted by Crippen LogP contribution is 2.27. The van der Waals surface area contributed by atoms with Crippen molar-refractivity contribution in [2.45, 2.75) is 19.2 Å². The van der Waals surface area contributed by atoms with Crippen LogP contribution in [0.3, 0.4) is 0 Å². The molecule has 1 aliphatic rings. The third-order valence-electron chi connectivity index (χ3n) is 3.77. The third kappa shape index (κ3) is 2.44. The van der Waals surface area contributed by atoms with E-state index in [9.17, 15) is 5.11 Å². The summed E-state index contributed by atoms with van der Waals surface area (Å²) < 4.78 is 0. The van der Waals surface area contributed by atoms with Gasteiger partial charge in [-0.05, 0) is 22.8 Å². The summed E-state index contributed by atoms with van der Waals surface area (Å²) in [7, 11) is 0. The van der Waals surface area contributed by atoms with Gasteiger partial charge in [0.25, 0.3) is 0 Å². The highest BCUT2D eigenvalue weighted by molar-refractivity contribution is 5.38. The van der Waals surface area contributed by atoms with Crippen LogP contribution in [0.15, 0.2) is 48.5 Å². The van der Waals surface area contributed by atoms with E-state index < -0.39 is 6.10 Å². The second-order valence-electron chi connectivity index (χ2n) is 5.15. The Labute approximate surface area is 118 Å². The molecule has 0 bridgehead atoms. The van der Waals surface area contributed by atoms with E-state index in [2.05, 4.69) is 17.0 Å². The highest BCUT2D eigenvalue weighted by Gasteiger charge is 2.23. The van der Waals surface area contributed by atoms with Gasteiger partial charge in [0, 0.05) is 19.6 Å². The Bertz CT molecular complexity index is 660.